The first kappa shape index (κ1) is 16.0. The topological polar surface area (TPSA) is 49.4 Å². The van der Waals surface area contributed by atoms with Gasteiger partial charge in [-0.1, -0.05) is 23.2 Å². The number of halogens is 2. The van der Waals surface area contributed by atoms with Gasteiger partial charge in [-0.2, -0.15) is 4.31 Å². The summed E-state index contributed by atoms with van der Waals surface area (Å²) in [6, 6.07) is 1.46. The molecule has 1 aromatic heterocycles. The van der Waals surface area contributed by atoms with Crippen LogP contribution in [0.1, 0.15) is 25.7 Å². The Kier molecular flexibility index (Phi) is 4.56. The molecule has 0 bridgehead atoms. The molecule has 3 heterocycles. The Hall–Kier alpha value is 0.150. The molecule has 0 aliphatic carbocycles. The number of rotatable bonds is 2. The molecule has 1 aromatic rings. The molecular formula is C13H18Cl2N2O2S2. The third kappa shape index (κ3) is 3.12. The predicted molar refractivity (Wildman–Crippen MR) is 86.9 cm³/mol. The highest BCUT2D eigenvalue weighted by atomic mass is 35.5. The first-order chi connectivity index (χ1) is 9.93. The van der Waals surface area contributed by atoms with E-state index in [0.717, 1.165) is 50.1 Å². The van der Waals surface area contributed by atoms with Crippen LogP contribution in [0.3, 0.4) is 0 Å². The minimum absolute atomic E-state index is 0.0792. The van der Waals surface area contributed by atoms with Gasteiger partial charge in [-0.3, -0.25) is 0 Å². The highest BCUT2D eigenvalue weighted by molar-refractivity contribution is 7.89. The van der Waals surface area contributed by atoms with Gasteiger partial charge in [0.25, 0.3) is 0 Å². The Morgan fingerprint density at radius 2 is 2.05 bits per heavy atom. The summed E-state index contributed by atoms with van der Waals surface area (Å²) in [6.07, 6.45) is 4.18. The number of hydrogen-bond acceptors (Lipinski definition) is 4. The zero-order valence-electron chi connectivity index (χ0n) is 11.6. The monoisotopic (exact) mass is 368 g/mol. The number of hydrogen-bond donors (Lipinski definition) is 1. The second-order valence-corrected chi connectivity index (χ2v) is 10.1. The molecule has 1 atom stereocenters. The van der Waals surface area contributed by atoms with Crippen LogP contribution in [0.2, 0.25) is 8.67 Å². The summed E-state index contributed by atoms with van der Waals surface area (Å²) in [6.45, 7) is 3.07. The van der Waals surface area contributed by atoms with Gasteiger partial charge in [0.15, 0.2) is 0 Å². The van der Waals surface area contributed by atoms with Crippen LogP contribution in [0.15, 0.2) is 11.0 Å². The van der Waals surface area contributed by atoms with E-state index in [9.17, 15) is 8.42 Å². The van der Waals surface area contributed by atoms with Crippen molar-refractivity contribution in [1.29, 1.82) is 0 Å². The van der Waals surface area contributed by atoms with Crippen molar-refractivity contribution in [2.24, 2.45) is 5.41 Å². The average molecular weight is 369 g/mol. The fourth-order valence-corrected chi connectivity index (χ4v) is 7.09. The summed E-state index contributed by atoms with van der Waals surface area (Å²) in [4.78, 5) is 0.153. The normalized spacial score (nSPS) is 28.1. The third-order valence-corrected chi connectivity index (χ3v) is 8.03. The maximum atomic E-state index is 12.8. The molecule has 2 fully saturated rings. The standard InChI is InChI=1S/C13H18Cl2N2O2S2/c14-11-7-10(12(15)20-11)21(18,19)17-6-2-4-13(9-17)3-1-5-16-8-13/h7,16H,1-6,8-9H2. The molecule has 8 heteroatoms. The molecule has 2 aliphatic heterocycles. The van der Waals surface area contributed by atoms with Crippen LogP contribution in [0.4, 0.5) is 0 Å². The molecule has 0 amide bonds. The van der Waals surface area contributed by atoms with Crippen molar-refractivity contribution in [3.63, 3.8) is 0 Å². The number of thiophene rings is 1. The van der Waals surface area contributed by atoms with Gasteiger partial charge in [-0.05, 0) is 43.7 Å². The zero-order chi connectivity index (χ0) is 15.1. The molecule has 0 saturated carbocycles. The molecule has 3 rings (SSSR count). The van der Waals surface area contributed by atoms with E-state index in [2.05, 4.69) is 5.32 Å². The Bertz CT molecular complexity index is 619. The van der Waals surface area contributed by atoms with Crippen molar-refractivity contribution in [2.45, 2.75) is 30.6 Å². The van der Waals surface area contributed by atoms with Crippen molar-refractivity contribution in [1.82, 2.24) is 9.62 Å². The lowest BCUT2D eigenvalue weighted by molar-refractivity contribution is 0.110. The maximum Gasteiger partial charge on any atom is 0.245 e. The third-order valence-electron chi connectivity index (χ3n) is 4.43. The minimum atomic E-state index is -3.55. The second-order valence-electron chi connectivity index (χ2n) is 5.91. The molecule has 2 saturated heterocycles. The first-order valence-electron chi connectivity index (χ1n) is 7.09. The molecular weight excluding hydrogens is 351 g/mol. The summed E-state index contributed by atoms with van der Waals surface area (Å²) in [5.41, 5.74) is 0.0792. The number of nitrogens with zero attached hydrogens (tertiary/aromatic N) is 1. The van der Waals surface area contributed by atoms with Crippen LogP contribution >= 0.6 is 34.5 Å². The zero-order valence-corrected chi connectivity index (χ0v) is 14.7. The van der Waals surface area contributed by atoms with Crippen molar-refractivity contribution in [3.05, 3.63) is 14.7 Å². The summed E-state index contributed by atoms with van der Waals surface area (Å²) in [7, 11) is -3.55. The van der Waals surface area contributed by atoms with Crippen LogP contribution < -0.4 is 5.32 Å². The van der Waals surface area contributed by atoms with Gasteiger partial charge in [0.2, 0.25) is 10.0 Å². The lowest BCUT2D eigenvalue weighted by atomic mass is 9.75. The molecule has 0 aromatic carbocycles. The Labute approximate surface area is 139 Å². The lowest BCUT2D eigenvalue weighted by Gasteiger charge is -2.44. The van der Waals surface area contributed by atoms with Crippen LogP contribution in [-0.4, -0.2) is 38.9 Å². The Morgan fingerprint density at radius 1 is 1.29 bits per heavy atom. The van der Waals surface area contributed by atoms with E-state index in [1.165, 1.54) is 6.07 Å². The van der Waals surface area contributed by atoms with E-state index in [1.807, 2.05) is 0 Å². The first-order valence-corrected chi connectivity index (χ1v) is 10.1. The largest absolute Gasteiger partial charge is 0.316 e. The maximum absolute atomic E-state index is 12.8. The van der Waals surface area contributed by atoms with Crippen LogP contribution in [-0.2, 0) is 10.0 Å². The van der Waals surface area contributed by atoms with E-state index in [0.29, 0.717) is 17.4 Å². The summed E-state index contributed by atoms with van der Waals surface area (Å²) in [5.74, 6) is 0. The van der Waals surface area contributed by atoms with Crippen LogP contribution in [0, 0.1) is 5.41 Å². The highest BCUT2D eigenvalue weighted by Crippen LogP contribution is 2.40. The molecule has 0 radical (unpaired) electrons. The van der Waals surface area contributed by atoms with Gasteiger partial charge in [0, 0.05) is 19.6 Å². The number of sulfonamides is 1. The lowest BCUT2D eigenvalue weighted by Crippen LogP contribution is -2.52. The van der Waals surface area contributed by atoms with Gasteiger partial charge in [-0.25, -0.2) is 8.42 Å². The fourth-order valence-electron chi connectivity index (χ4n) is 3.39. The SMILES string of the molecule is O=S(=O)(c1cc(Cl)sc1Cl)N1CCCC2(CCCNC2)C1. The predicted octanol–water partition coefficient (Wildman–Crippen LogP) is 3.21. The van der Waals surface area contributed by atoms with E-state index < -0.39 is 10.0 Å². The van der Waals surface area contributed by atoms with E-state index in [1.54, 1.807) is 4.31 Å². The molecule has 1 N–H and O–H groups in total. The van der Waals surface area contributed by atoms with Gasteiger partial charge in [-0.15, -0.1) is 11.3 Å². The quantitative estimate of drug-likeness (QED) is 0.871. The van der Waals surface area contributed by atoms with E-state index in [4.69, 9.17) is 23.2 Å². The van der Waals surface area contributed by atoms with E-state index in [-0.39, 0.29) is 14.6 Å². The van der Waals surface area contributed by atoms with Gasteiger partial charge in [0.05, 0.1) is 4.34 Å². The Morgan fingerprint density at radius 3 is 2.67 bits per heavy atom. The average Bonchev–Trinajstić information content (AvgIpc) is 2.79. The minimum Gasteiger partial charge on any atom is -0.316 e. The smallest absolute Gasteiger partial charge is 0.245 e. The fraction of sp³-hybridized carbons (Fsp3) is 0.692. The van der Waals surface area contributed by atoms with Crippen molar-refractivity contribution < 1.29 is 8.42 Å². The molecule has 2 aliphatic rings. The van der Waals surface area contributed by atoms with Crippen LogP contribution in [0.5, 0.6) is 0 Å². The van der Waals surface area contributed by atoms with Gasteiger partial charge in [0.1, 0.15) is 9.23 Å². The highest BCUT2D eigenvalue weighted by Gasteiger charge is 2.41. The summed E-state index contributed by atoms with van der Waals surface area (Å²) >= 11 is 13.0. The van der Waals surface area contributed by atoms with Crippen LogP contribution in [0.25, 0.3) is 0 Å². The Balaban J connectivity index is 1.87. The molecule has 1 unspecified atom stereocenters. The van der Waals surface area contributed by atoms with Gasteiger partial charge < -0.3 is 5.32 Å². The summed E-state index contributed by atoms with van der Waals surface area (Å²) in [5, 5.41) is 3.41. The number of piperidine rings is 2. The molecule has 1 spiro atoms. The van der Waals surface area contributed by atoms with Crippen molar-refractivity contribution in [3.8, 4) is 0 Å². The summed E-state index contributed by atoms with van der Waals surface area (Å²) < 4.78 is 27.9. The van der Waals surface area contributed by atoms with Gasteiger partial charge >= 0.3 is 0 Å². The molecule has 118 valence electrons. The molecule has 21 heavy (non-hydrogen) atoms. The molecule has 4 nitrogen and oxygen atoms in total. The second kappa shape index (κ2) is 5.98. The van der Waals surface area contributed by atoms with Crippen molar-refractivity contribution in [2.75, 3.05) is 26.2 Å². The van der Waals surface area contributed by atoms with Crippen molar-refractivity contribution >= 4 is 44.6 Å². The van der Waals surface area contributed by atoms with E-state index >= 15 is 0 Å². The number of nitrogens with one attached hydrogen (secondary N) is 1.